The Morgan fingerprint density at radius 1 is 1.04 bits per heavy atom. The first-order valence-corrected chi connectivity index (χ1v) is 11.2. The number of sulfone groups is 1. The maximum Gasteiger partial charge on any atom is 0.251 e. The summed E-state index contributed by atoms with van der Waals surface area (Å²) in [5.74, 6) is 1.21. The fraction of sp³-hybridized carbons (Fsp3) is 0.476. The average Bonchev–Trinajstić information content (AvgIpc) is 3.12. The van der Waals surface area contributed by atoms with Crippen LogP contribution in [0.2, 0.25) is 0 Å². The summed E-state index contributed by atoms with van der Waals surface area (Å²) in [6, 6.07) is 11.2. The van der Waals surface area contributed by atoms with Gasteiger partial charge in [-0.25, -0.2) is 8.42 Å². The molecule has 1 N–H and O–H groups in total. The number of rotatable bonds is 4. The molecular weight excluding hydrogens is 346 g/mol. The monoisotopic (exact) mass is 371 g/mol. The van der Waals surface area contributed by atoms with Crippen LogP contribution in [0.15, 0.2) is 46.1 Å². The van der Waals surface area contributed by atoms with Gasteiger partial charge < -0.3 is 4.98 Å². The standard InChI is InChI=1S/C21H25NO3S/c1-14-7-12-19(22-20(14)23)21(13-18(21)15-5-3-4-6-15)16-8-10-17(11-9-16)26(2,24)25/h7-12,15,18H,3-6,13H2,1-2H3,(H,22,23)/t18-,21-/m1/s1. The summed E-state index contributed by atoms with van der Waals surface area (Å²) in [6.45, 7) is 1.82. The molecule has 2 aromatic rings. The summed E-state index contributed by atoms with van der Waals surface area (Å²) in [5, 5.41) is 0. The van der Waals surface area contributed by atoms with Crippen LogP contribution >= 0.6 is 0 Å². The Kier molecular flexibility index (Phi) is 4.10. The lowest BCUT2D eigenvalue weighted by Crippen LogP contribution is -2.22. The first-order chi connectivity index (χ1) is 12.3. The predicted octanol–water partition coefficient (Wildman–Crippen LogP) is 3.58. The molecule has 138 valence electrons. The molecule has 0 bridgehead atoms. The second-order valence-electron chi connectivity index (χ2n) is 8.01. The van der Waals surface area contributed by atoms with Crippen molar-refractivity contribution in [2.45, 2.75) is 49.3 Å². The second-order valence-corrected chi connectivity index (χ2v) is 10.0. The van der Waals surface area contributed by atoms with Crippen molar-refractivity contribution in [3.8, 4) is 0 Å². The quantitative estimate of drug-likeness (QED) is 0.893. The number of hydrogen-bond donors (Lipinski definition) is 1. The van der Waals surface area contributed by atoms with Crippen LogP contribution in [0.3, 0.4) is 0 Å². The topological polar surface area (TPSA) is 67.0 Å². The van der Waals surface area contributed by atoms with Gasteiger partial charge in [0.25, 0.3) is 5.56 Å². The van der Waals surface area contributed by atoms with Crippen LogP contribution in [-0.4, -0.2) is 19.7 Å². The zero-order valence-electron chi connectivity index (χ0n) is 15.3. The molecule has 5 heteroatoms. The van der Waals surface area contributed by atoms with Gasteiger partial charge in [-0.2, -0.15) is 0 Å². The average molecular weight is 372 g/mol. The van der Waals surface area contributed by atoms with Gasteiger partial charge in [0.2, 0.25) is 0 Å². The van der Waals surface area contributed by atoms with E-state index in [4.69, 9.17) is 0 Å². The van der Waals surface area contributed by atoms with Crippen LogP contribution in [0.4, 0.5) is 0 Å². The molecule has 0 unspecified atom stereocenters. The van der Waals surface area contributed by atoms with Gasteiger partial charge in [0.1, 0.15) is 0 Å². The van der Waals surface area contributed by atoms with E-state index >= 15 is 0 Å². The number of nitrogens with one attached hydrogen (secondary N) is 1. The second kappa shape index (κ2) is 6.08. The van der Waals surface area contributed by atoms with Crippen molar-refractivity contribution in [1.29, 1.82) is 0 Å². The van der Waals surface area contributed by atoms with Crippen molar-refractivity contribution in [2.75, 3.05) is 6.26 Å². The van der Waals surface area contributed by atoms with Gasteiger partial charge in [-0.3, -0.25) is 4.79 Å². The van der Waals surface area contributed by atoms with Crippen LogP contribution in [0, 0.1) is 18.8 Å². The van der Waals surface area contributed by atoms with Crippen molar-refractivity contribution < 1.29 is 8.42 Å². The van der Waals surface area contributed by atoms with Crippen LogP contribution in [0.5, 0.6) is 0 Å². The summed E-state index contributed by atoms with van der Waals surface area (Å²) in [6.07, 6.45) is 7.33. The Labute approximate surface area is 154 Å². The largest absolute Gasteiger partial charge is 0.325 e. The number of aryl methyl sites for hydroxylation is 1. The minimum atomic E-state index is -3.21. The van der Waals surface area contributed by atoms with Crippen molar-refractivity contribution >= 4 is 9.84 Å². The third-order valence-electron chi connectivity index (χ3n) is 6.37. The fourth-order valence-corrected chi connectivity index (χ4v) is 5.45. The Morgan fingerprint density at radius 3 is 2.27 bits per heavy atom. The number of aromatic nitrogens is 1. The molecule has 4 nitrogen and oxygen atoms in total. The molecule has 1 aromatic carbocycles. The van der Waals surface area contributed by atoms with E-state index in [9.17, 15) is 13.2 Å². The highest BCUT2D eigenvalue weighted by Gasteiger charge is 2.60. The van der Waals surface area contributed by atoms with Crippen molar-refractivity contribution in [2.24, 2.45) is 11.8 Å². The number of hydrogen-bond acceptors (Lipinski definition) is 3. The number of pyridine rings is 1. The molecule has 0 saturated heterocycles. The lowest BCUT2D eigenvalue weighted by Gasteiger charge is -2.22. The van der Waals surface area contributed by atoms with Crippen LogP contribution < -0.4 is 5.56 Å². The first-order valence-electron chi connectivity index (χ1n) is 9.33. The molecule has 2 aliphatic carbocycles. The van der Waals surface area contributed by atoms with E-state index in [2.05, 4.69) is 4.98 Å². The third kappa shape index (κ3) is 2.82. The minimum Gasteiger partial charge on any atom is -0.325 e. The zero-order valence-corrected chi connectivity index (χ0v) is 16.1. The molecule has 2 atom stereocenters. The van der Waals surface area contributed by atoms with Crippen molar-refractivity contribution in [3.63, 3.8) is 0 Å². The molecule has 2 aliphatic rings. The van der Waals surface area contributed by atoms with Gasteiger partial charge in [-0.1, -0.05) is 43.9 Å². The molecule has 2 fully saturated rings. The van der Waals surface area contributed by atoms with E-state index in [1.165, 1.54) is 31.9 Å². The molecule has 0 amide bonds. The molecule has 0 aliphatic heterocycles. The van der Waals surface area contributed by atoms with Crippen LogP contribution in [0.1, 0.15) is 48.9 Å². The highest BCUT2D eigenvalue weighted by molar-refractivity contribution is 7.90. The summed E-state index contributed by atoms with van der Waals surface area (Å²) >= 11 is 0. The van der Waals surface area contributed by atoms with Gasteiger partial charge in [0, 0.05) is 22.9 Å². The Morgan fingerprint density at radius 2 is 1.69 bits per heavy atom. The molecule has 1 heterocycles. The highest BCUT2D eigenvalue weighted by atomic mass is 32.2. The molecule has 2 saturated carbocycles. The zero-order chi connectivity index (χ0) is 18.5. The predicted molar refractivity (Wildman–Crippen MR) is 102 cm³/mol. The van der Waals surface area contributed by atoms with Gasteiger partial charge in [0.15, 0.2) is 9.84 Å². The SMILES string of the molecule is Cc1ccc([C@@]2(c3ccc(S(C)(=O)=O)cc3)C[C@@H]2C2CCCC2)[nH]c1=O. The third-order valence-corrected chi connectivity index (χ3v) is 7.50. The maximum absolute atomic E-state index is 12.2. The van der Waals surface area contributed by atoms with E-state index in [0.29, 0.717) is 16.7 Å². The van der Waals surface area contributed by atoms with Gasteiger partial charge in [0.05, 0.1) is 4.90 Å². The molecule has 26 heavy (non-hydrogen) atoms. The summed E-state index contributed by atoms with van der Waals surface area (Å²) in [7, 11) is -3.21. The van der Waals surface area contributed by atoms with Crippen molar-refractivity contribution in [1.82, 2.24) is 4.98 Å². The normalized spacial score (nSPS) is 26.2. The van der Waals surface area contributed by atoms with E-state index < -0.39 is 9.84 Å². The molecule has 1 aromatic heterocycles. The van der Waals surface area contributed by atoms with Gasteiger partial charge in [-0.05, 0) is 48.9 Å². The lowest BCUT2D eigenvalue weighted by molar-refractivity contribution is 0.441. The number of benzene rings is 1. The fourth-order valence-electron chi connectivity index (χ4n) is 4.82. The molecule has 0 radical (unpaired) electrons. The van der Waals surface area contributed by atoms with E-state index in [1.807, 2.05) is 31.2 Å². The molecule has 0 spiro atoms. The van der Waals surface area contributed by atoms with Gasteiger partial charge in [-0.15, -0.1) is 0 Å². The Bertz CT molecular complexity index is 985. The van der Waals surface area contributed by atoms with Gasteiger partial charge >= 0.3 is 0 Å². The van der Waals surface area contributed by atoms with Crippen LogP contribution in [-0.2, 0) is 15.3 Å². The van der Waals surface area contributed by atoms with E-state index in [1.54, 1.807) is 12.1 Å². The molecular formula is C21H25NO3S. The number of aromatic amines is 1. The minimum absolute atomic E-state index is 0.0355. The maximum atomic E-state index is 12.2. The highest BCUT2D eigenvalue weighted by Crippen LogP contribution is 2.63. The summed E-state index contributed by atoms with van der Waals surface area (Å²) < 4.78 is 23.6. The molecule has 4 rings (SSSR count). The summed E-state index contributed by atoms with van der Waals surface area (Å²) in [4.78, 5) is 15.7. The first kappa shape index (κ1) is 17.5. The number of H-pyrrole nitrogens is 1. The van der Waals surface area contributed by atoms with E-state index in [-0.39, 0.29) is 11.0 Å². The smallest absolute Gasteiger partial charge is 0.251 e. The summed E-state index contributed by atoms with van der Waals surface area (Å²) in [5.41, 5.74) is 2.58. The van der Waals surface area contributed by atoms with E-state index in [0.717, 1.165) is 23.2 Å². The Hall–Kier alpha value is -1.88. The van der Waals surface area contributed by atoms with Crippen molar-refractivity contribution in [3.05, 3.63) is 63.6 Å². The van der Waals surface area contributed by atoms with Crippen LogP contribution in [0.25, 0.3) is 0 Å². The Balaban J connectivity index is 1.79. The lowest BCUT2D eigenvalue weighted by atomic mass is 9.84.